The molecule has 10 heavy (non-hydrogen) atoms. The fourth-order valence-electron chi connectivity index (χ4n) is 1.13. The molecular formula is C9H20P. The summed E-state index contributed by atoms with van der Waals surface area (Å²) in [5.41, 5.74) is 0. The van der Waals surface area contributed by atoms with Crippen molar-refractivity contribution in [3.63, 3.8) is 0 Å². The van der Waals surface area contributed by atoms with E-state index in [4.69, 9.17) is 0 Å². The van der Waals surface area contributed by atoms with Crippen molar-refractivity contribution in [3.05, 3.63) is 6.16 Å². The first-order valence-corrected chi connectivity index (χ1v) is 6.20. The van der Waals surface area contributed by atoms with Crippen molar-refractivity contribution in [3.8, 4) is 0 Å². The van der Waals surface area contributed by atoms with Gasteiger partial charge in [-0.05, 0) is 24.9 Å². The highest BCUT2D eigenvalue weighted by atomic mass is 31.1. The molecule has 0 atom stereocenters. The van der Waals surface area contributed by atoms with Gasteiger partial charge in [0, 0.05) is 0 Å². The summed E-state index contributed by atoms with van der Waals surface area (Å²) in [4.78, 5) is 0. The van der Waals surface area contributed by atoms with Gasteiger partial charge < -0.3 is 0 Å². The van der Waals surface area contributed by atoms with Gasteiger partial charge in [0.25, 0.3) is 0 Å². The second-order valence-corrected chi connectivity index (χ2v) is 5.06. The second kappa shape index (κ2) is 7.54. The summed E-state index contributed by atoms with van der Waals surface area (Å²) >= 11 is 0. The molecule has 0 aromatic carbocycles. The Morgan fingerprint density at radius 3 is 1.80 bits per heavy atom. The maximum Gasteiger partial charge on any atom is -0.0144 e. The predicted molar refractivity (Wildman–Crippen MR) is 51.8 cm³/mol. The minimum atomic E-state index is 0.314. The molecule has 0 rings (SSSR count). The first-order valence-electron chi connectivity index (χ1n) is 4.42. The van der Waals surface area contributed by atoms with Crippen LogP contribution in [-0.4, -0.2) is 12.3 Å². The highest BCUT2D eigenvalue weighted by Gasteiger charge is 2.02. The van der Waals surface area contributed by atoms with Crippen LogP contribution < -0.4 is 0 Å². The van der Waals surface area contributed by atoms with Crippen LogP contribution in [0, 0.1) is 6.16 Å². The van der Waals surface area contributed by atoms with Gasteiger partial charge in [0.05, 0.1) is 0 Å². The third kappa shape index (κ3) is 5.23. The van der Waals surface area contributed by atoms with Crippen LogP contribution in [0.5, 0.6) is 0 Å². The maximum atomic E-state index is 2.53. The zero-order valence-corrected chi connectivity index (χ0v) is 8.45. The minimum absolute atomic E-state index is 0.314. The number of hydrogen-bond acceptors (Lipinski definition) is 0. The molecule has 0 heterocycles. The van der Waals surface area contributed by atoms with E-state index >= 15 is 0 Å². The molecule has 0 saturated heterocycles. The molecule has 0 aromatic heterocycles. The maximum absolute atomic E-state index is 2.53. The van der Waals surface area contributed by atoms with Gasteiger partial charge in [0.15, 0.2) is 0 Å². The van der Waals surface area contributed by atoms with E-state index in [0.29, 0.717) is 7.92 Å². The van der Waals surface area contributed by atoms with E-state index in [1.807, 2.05) is 0 Å². The Hall–Kier alpha value is 0.430. The molecule has 0 fully saturated rings. The van der Waals surface area contributed by atoms with Crippen LogP contribution >= 0.6 is 7.92 Å². The monoisotopic (exact) mass is 159 g/mol. The summed E-state index contributed by atoms with van der Waals surface area (Å²) in [7, 11) is 0.314. The molecule has 0 nitrogen and oxygen atoms in total. The fourth-order valence-corrected chi connectivity index (χ4v) is 3.38. The predicted octanol–water partition coefficient (Wildman–Crippen LogP) is 3.86. The van der Waals surface area contributed by atoms with Gasteiger partial charge in [0.2, 0.25) is 0 Å². The van der Waals surface area contributed by atoms with E-state index in [0.717, 1.165) is 0 Å². The first kappa shape index (κ1) is 10.4. The largest absolute Gasteiger partial charge is 0.103 e. The van der Waals surface area contributed by atoms with Gasteiger partial charge in [-0.3, -0.25) is 0 Å². The Bertz CT molecular complexity index is 47.5. The molecule has 0 bridgehead atoms. The van der Waals surface area contributed by atoms with Crippen molar-refractivity contribution in [2.45, 2.75) is 40.0 Å². The van der Waals surface area contributed by atoms with Crippen LogP contribution in [0.15, 0.2) is 0 Å². The standard InChI is InChI=1S/C9H20P/c1-4-7-10(8-5-2)9-6-3/h7H,4-6,8-9H2,1-3H3. The lowest BCUT2D eigenvalue weighted by molar-refractivity contribution is 1.04. The Kier molecular flexibility index (Phi) is 7.86. The van der Waals surface area contributed by atoms with Gasteiger partial charge >= 0.3 is 0 Å². The Morgan fingerprint density at radius 1 is 1.00 bits per heavy atom. The summed E-state index contributed by atoms with van der Waals surface area (Å²) in [6.45, 7) is 6.82. The van der Waals surface area contributed by atoms with Crippen LogP contribution in [0.4, 0.5) is 0 Å². The minimum Gasteiger partial charge on any atom is -0.103 e. The van der Waals surface area contributed by atoms with Crippen molar-refractivity contribution >= 4 is 7.92 Å². The molecule has 0 spiro atoms. The molecule has 0 aromatic rings. The quantitative estimate of drug-likeness (QED) is 0.516. The lowest BCUT2D eigenvalue weighted by Gasteiger charge is -2.13. The van der Waals surface area contributed by atoms with Crippen molar-refractivity contribution in [1.82, 2.24) is 0 Å². The van der Waals surface area contributed by atoms with Gasteiger partial charge in [-0.2, -0.15) is 0 Å². The van der Waals surface area contributed by atoms with Crippen molar-refractivity contribution in [1.29, 1.82) is 0 Å². The van der Waals surface area contributed by atoms with E-state index in [1.54, 1.807) is 0 Å². The average Bonchev–Trinajstić information content (AvgIpc) is 1.90. The van der Waals surface area contributed by atoms with Crippen LogP contribution in [0.3, 0.4) is 0 Å². The van der Waals surface area contributed by atoms with Gasteiger partial charge in [0.1, 0.15) is 0 Å². The van der Waals surface area contributed by atoms with Gasteiger partial charge in [-0.15, -0.1) is 7.92 Å². The SMILES string of the molecule is CC[CH]P(CCC)CCC. The Balaban J connectivity index is 3.30. The van der Waals surface area contributed by atoms with E-state index in [2.05, 4.69) is 26.9 Å². The Labute approximate surface area is 67.2 Å². The van der Waals surface area contributed by atoms with Crippen molar-refractivity contribution < 1.29 is 0 Å². The zero-order valence-electron chi connectivity index (χ0n) is 7.56. The third-order valence-corrected chi connectivity index (χ3v) is 4.39. The number of hydrogen-bond donors (Lipinski definition) is 0. The molecule has 1 radical (unpaired) electrons. The van der Waals surface area contributed by atoms with E-state index in [9.17, 15) is 0 Å². The average molecular weight is 159 g/mol. The van der Waals surface area contributed by atoms with Crippen LogP contribution in [0.25, 0.3) is 0 Å². The van der Waals surface area contributed by atoms with E-state index < -0.39 is 0 Å². The number of rotatable bonds is 6. The molecule has 0 aliphatic rings. The Morgan fingerprint density at radius 2 is 1.50 bits per heavy atom. The summed E-state index contributed by atoms with van der Waals surface area (Å²) < 4.78 is 0. The molecule has 0 aliphatic carbocycles. The molecular weight excluding hydrogens is 139 g/mol. The van der Waals surface area contributed by atoms with Crippen molar-refractivity contribution in [2.75, 3.05) is 12.3 Å². The normalized spacial score (nSPS) is 10.8. The van der Waals surface area contributed by atoms with Gasteiger partial charge in [-0.1, -0.05) is 33.6 Å². The molecule has 0 N–H and O–H groups in total. The summed E-state index contributed by atoms with van der Waals surface area (Å²) in [6.07, 6.45) is 9.44. The third-order valence-electron chi connectivity index (χ3n) is 1.46. The first-order chi connectivity index (χ1) is 4.85. The lowest BCUT2D eigenvalue weighted by atomic mass is 10.6. The highest BCUT2D eigenvalue weighted by molar-refractivity contribution is 7.59. The summed E-state index contributed by atoms with van der Waals surface area (Å²) in [5, 5.41) is 0. The molecule has 0 amide bonds. The van der Waals surface area contributed by atoms with E-state index in [-0.39, 0.29) is 0 Å². The molecule has 0 saturated carbocycles. The molecule has 1 heteroatoms. The van der Waals surface area contributed by atoms with Crippen LogP contribution in [0.1, 0.15) is 40.0 Å². The summed E-state index contributed by atoms with van der Waals surface area (Å²) in [6, 6.07) is 0. The molecule has 0 aliphatic heterocycles. The fraction of sp³-hybridized carbons (Fsp3) is 0.889. The molecule has 0 unspecified atom stereocenters. The topological polar surface area (TPSA) is 0 Å². The van der Waals surface area contributed by atoms with E-state index in [1.165, 1.54) is 31.6 Å². The molecule has 61 valence electrons. The van der Waals surface area contributed by atoms with Crippen molar-refractivity contribution in [2.24, 2.45) is 0 Å². The smallest absolute Gasteiger partial charge is 0.0144 e. The van der Waals surface area contributed by atoms with Crippen LogP contribution in [-0.2, 0) is 0 Å². The second-order valence-electron chi connectivity index (χ2n) is 2.63. The lowest BCUT2D eigenvalue weighted by Crippen LogP contribution is -1.87. The zero-order chi connectivity index (χ0) is 7.82. The van der Waals surface area contributed by atoms with Crippen LogP contribution in [0.2, 0.25) is 0 Å². The summed E-state index contributed by atoms with van der Waals surface area (Å²) in [5.74, 6) is 0. The highest BCUT2D eigenvalue weighted by Crippen LogP contribution is 2.40. The van der Waals surface area contributed by atoms with Gasteiger partial charge in [-0.25, -0.2) is 0 Å².